The van der Waals surface area contributed by atoms with Gasteiger partial charge in [-0.05, 0) is 31.0 Å². The molecule has 1 atom stereocenters. The molecular formula is C12H27NO2Si. The number of hydrogen-bond acceptors (Lipinski definition) is 2. The SMILES string of the molecule is C[C@@H](CCCO[Si](C)(C)C(C)(C)C)C(N)=O. The van der Waals surface area contributed by atoms with Crippen molar-refractivity contribution in [3.63, 3.8) is 0 Å². The summed E-state index contributed by atoms with van der Waals surface area (Å²) in [5.41, 5.74) is 5.20. The monoisotopic (exact) mass is 245 g/mol. The molecule has 96 valence electrons. The lowest BCUT2D eigenvalue weighted by atomic mass is 10.1. The van der Waals surface area contributed by atoms with Crippen LogP contribution in [-0.2, 0) is 9.22 Å². The van der Waals surface area contributed by atoms with Gasteiger partial charge in [0.2, 0.25) is 5.91 Å². The Kier molecular flexibility index (Phi) is 5.69. The van der Waals surface area contributed by atoms with Crippen LogP contribution in [0.1, 0.15) is 40.5 Å². The minimum atomic E-state index is -1.62. The van der Waals surface area contributed by atoms with Crippen molar-refractivity contribution in [3.8, 4) is 0 Å². The summed E-state index contributed by atoms with van der Waals surface area (Å²) in [5, 5.41) is 0.252. The van der Waals surface area contributed by atoms with Gasteiger partial charge in [0.15, 0.2) is 8.32 Å². The van der Waals surface area contributed by atoms with Gasteiger partial charge in [0.25, 0.3) is 0 Å². The predicted octanol–water partition coefficient (Wildman–Crippen LogP) is 2.91. The fourth-order valence-electron chi connectivity index (χ4n) is 1.08. The quantitative estimate of drug-likeness (QED) is 0.578. The number of amides is 1. The van der Waals surface area contributed by atoms with E-state index in [4.69, 9.17) is 10.2 Å². The molecule has 1 amide bonds. The maximum absolute atomic E-state index is 10.8. The summed E-state index contributed by atoms with van der Waals surface area (Å²) in [5.74, 6) is -0.254. The van der Waals surface area contributed by atoms with E-state index in [1.54, 1.807) is 0 Å². The molecule has 0 radical (unpaired) electrons. The highest BCUT2D eigenvalue weighted by Gasteiger charge is 2.36. The largest absolute Gasteiger partial charge is 0.417 e. The van der Waals surface area contributed by atoms with Crippen LogP contribution in [0.3, 0.4) is 0 Å². The number of carbonyl (C=O) groups excluding carboxylic acids is 1. The molecule has 0 fully saturated rings. The fourth-order valence-corrected chi connectivity index (χ4v) is 2.16. The third kappa shape index (κ3) is 5.12. The summed E-state index contributed by atoms with van der Waals surface area (Å²) in [6.07, 6.45) is 1.74. The maximum atomic E-state index is 10.8. The van der Waals surface area contributed by atoms with Gasteiger partial charge in [0.05, 0.1) is 0 Å². The number of nitrogens with two attached hydrogens (primary N) is 1. The molecule has 0 rings (SSSR count). The third-order valence-corrected chi connectivity index (χ3v) is 8.07. The van der Waals surface area contributed by atoms with Crippen molar-refractivity contribution in [2.24, 2.45) is 11.7 Å². The topological polar surface area (TPSA) is 52.3 Å². The molecule has 0 aromatic carbocycles. The highest BCUT2D eigenvalue weighted by atomic mass is 28.4. The molecule has 3 nitrogen and oxygen atoms in total. The zero-order valence-corrected chi connectivity index (χ0v) is 12.6. The lowest BCUT2D eigenvalue weighted by molar-refractivity contribution is -0.121. The van der Waals surface area contributed by atoms with E-state index in [-0.39, 0.29) is 16.9 Å². The van der Waals surface area contributed by atoms with Crippen LogP contribution in [0.15, 0.2) is 0 Å². The van der Waals surface area contributed by atoms with Crippen LogP contribution in [0.5, 0.6) is 0 Å². The zero-order valence-electron chi connectivity index (χ0n) is 11.6. The van der Waals surface area contributed by atoms with Crippen LogP contribution in [0.25, 0.3) is 0 Å². The normalized spacial score (nSPS) is 14.9. The molecule has 16 heavy (non-hydrogen) atoms. The minimum absolute atomic E-state index is 0.0389. The predicted molar refractivity (Wildman–Crippen MR) is 70.7 cm³/mol. The first-order valence-electron chi connectivity index (χ1n) is 6.01. The fraction of sp³-hybridized carbons (Fsp3) is 0.917. The van der Waals surface area contributed by atoms with E-state index in [0.717, 1.165) is 19.4 Å². The Morgan fingerprint density at radius 2 is 1.88 bits per heavy atom. The van der Waals surface area contributed by atoms with E-state index >= 15 is 0 Å². The van der Waals surface area contributed by atoms with Gasteiger partial charge in [-0.2, -0.15) is 0 Å². The van der Waals surface area contributed by atoms with Gasteiger partial charge in [-0.15, -0.1) is 0 Å². The highest BCUT2D eigenvalue weighted by molar-refractivity contribution is 6.74. The average Bonchev–Trinajstić information content (AvgIpc) is 2.09. The Morgan fingerprint density at radius 3 is 2.25 bits per heavy atom. The van der Waals surface area contributed by atoms with Crippen molar-refractivity contribution in [1.82, 2.24) is 0 Å². The molecule has 0 saturated carbocycles. The first-order valence-corrected chi connectivity index (χ1v) is 8.92. The van der Waals surface area contributed by atoms with Crippen LogP contribution in [0.2, 0.25) is 18.1 Å². The smallest absolute Gasteiger partial charge is 0.220 e. The van der Waals surface area contributed by atoms with E-state index in [1.807, 2.05) is 6.92 Å². The van der Waals surface area contributed by atoms with Gasteiger partial charge in [-0.3, -0.25) is 4.79 Å². The first-order chi connectivity index (χ1) is 7.08. The van der Waals surface area contributed by atoms with Crippen molar-refractivity contribution >= 4 is 14.2 Å². The summed E-state index contributed by atoms with van der Waals surface area (Å²) in [7, 11) is -1.62. The zero-order chi connectivity index (χ0) is 13.0. The summed E-state index contributed by atoms with van der Waals surface area (Å²) in [6.45, 7) is 13.8. The first kappa shape index (κ1) is 15.6. The Bertz CT molecular complexity index is 234. The molecule has 0 heterocycles. The number of primary amides is 1. The van der Waals surface area contributed by atoms with Gasteiger partial charge < -0.3 is 10.2 Å². The molecule has 0 unspecified atom stereocenters. The molecule has 0 aliphatic carbocycles. The summed E-state index contributed by atoms with van der Waals surface area (Å²) < 4.78 is 6.01. The lowest BCUT2D eigenvalue weighted by Gasteiger charge is -2.36. The molecular weight excluding hydrogens is 218 g/mol. The molecule has 0 aromatic heterocycles. The molecule has 0 aliphatic rings. The van der Waals surface area contributed by atoms with Gasteiger partial charge in [-0.25, -0.2) is 0 Å². The second-order valence-electron chi connectivity index (χ2n) is 6.05. The highest BCUT2D eigenvalue weighted by Crippen LogP contribution is 2.36. The average molecular weight is 245 g/mol. The van der Waals surface area contributed by atoms with E-state index in [0.29, 0.717) is 0 Å². The van der Waals surface area contributed by atoms with E-state index < -0.39 is 8.32 Å². The van der Waals surface area contributed by atoms with Crippen molar-refractivity contribution in [2.45, 2.75) is 58.7 Å². The van der Waals surface area contributed by atoms with Gasteiger partial charge in [0, 0.05) is 12.5 Å². The summed E-state index contributed by atoms with van der Waals surface area (Å²) in [4.78, 5) is 10.8. The summed E-state index contributed by atoms with van der Waals surface area (Å²) >= 11 is 0. The van der Waals surface area contributed by atoms with Crippen molar-refractivity contribution in [1.29, 1.82) is 0 Å². The van der Waals surface area contributed by atoms with Crippen LogP contribution in [-0.4, -0.2) is 20.8 Å². The van der Waals surface area contributed by atoms with Crippen molar-refractivity contribution in [3.05, 3.63) is 0 Å². The molecule has 0 bridgehead atoms. The van der Waals surface area contributed by atoms with Crippen molar-refractivity contribution in [2.75, 3.05) is 6.61 Å². The van der Waals surface area contributed by atoms with E-state index in [1.165, 1.54) is 0 Å². The Labute approximate surface area is 101 Å². The third-order valence-electron chi connectivity index (χ3n) is 3.54. The summed E-state index contributed by atoms with van der Waals surface area (Å²) in [6, 6.07) is 0. The lowest BCUT2D eigenvalue weighted by Crippen LogP contribution is -2.41. The molecule has 0 saturated heterocycles. The molecule has 4 heteroatoms. The molecule has 0 aromatic rings. The minimum Gasteiger partial charge on any atom is -0.417 e. The number of hydrogen-bond donors (Lipinski definition) is 1. The Balaban J connectivity index is 3.87. The van der Waals surface area contributed by atoms with Gasteiger partial charge in [-0.1, -0.05) is 27.7 Å². The van der Waals surface area contributed by atoms with Crippen molar-refractivity contribution < 1.29 is 9.22 Å². The van der Waals surface area contributed by atoms with Gasteiger partial charge in [0.1, 0.15) is 0 Å². The maximum Gasteiger partial charge on any atom is 0.220 e. The van der Waals surface area contributed by atoms with Gasteiger partial charge >= 0.3 is 0 Å². The van der Waals surface area contributed by atoms with Crippen LogP contribution in [0.4, 0.5) is 0 Å². The number of carbonyl (C=O) groups is 1. The standard InChI is InChI=1S/C12H27NO2Si/c1-10(11(13)14)8-7-9-15-16(5,6)12(2,3)4/h10H,7-9H2,1-6H3,(H2,13,14)/t10-/m0/s1. The number of rotatable bonds is 6. The molecule has 2 N–H and O–H groups in total. The Hall–Kier alpha value is -0.353. The Morgan fingerprint density at radius 1 is 1.38 bits per heavy atom. The second-order valence-corrected chi connectivity index (χ2v) is 10.9. The molecule has 0 aliphatic heterocycles. The second kappa shape index (κ2) is 5.82. The van der Waals surface area contributed by atoms with E-state index in [2.05, 4.69) is 33.9 Å². The van der Waals surface area contributed by atoms with Crippen LogP contribution in [0, 0.1) is 5.92 Å². The van der Waals surface area contributed by atoms with Crippen LogP contribution >= 0.6 is 0 Å². The van der Waals surface area contributed by atoms with Crippen LogP contribution < -0.4 is 5.73 Å². The molecule has 0 spiro atoms. The van der Waals surface area contributed by atoms with E-state index in [9.17, 15) is 4.79 Å².